The molecule has 0 amide bonds. The Kier molecular flexibility index (Phi) is 4.44. The minimum Gasteiger partial charge on any atom is -0.481 e. The average molecular weight is 272 g/mol. The molecule has 1 aliphatic heterocycles. The fourth-order valence-electron chi connectivity index (χ4n) is 2.02. The molecule has 0 aromatic heterocycles. The smallest absolute Gasteiger partial charge is 0.307 e. The van der Waals surface area contributed by atoms with Crippen LogP contribution in [0.3, 0.4) is 0 Å². The van der Waals surface area contributed by atoms with Crippen molar-refractivity contribution in [1.82, 2.24) is 0 Å². The van der Waals surface area contributed by atoms with Crippen LogP contribution < -0.4 is 0 Å². The summed E-state index contributed by atoms with van der Waals surface area (Å²) < 4.78 is 22.7. The first kappa shape index (κ1) is 15.0. The van der Waals surface area contributed by atoms with E-state index in [4.69, 9.17) is 0 Å². The lowest BCUT2D eigenvalue weighted by Crippen LogP contribution is -2.24. The summed E-state index contributed by atoms with van der Waals surface area (Å²) in [4.78, 5) is 11.2. The topological polar surface area (TPSA) is 71.4 Å². The summed E-state index contributed by atoms with van der Waals surface area (Å²) in [6.45, 7) is 5.86. The third kappa shape index (κ3) is 4.69. The van der Waals surface area contributed by atoms with Crippen molar-refractivity contribution in [2.24, 2.45) is 17.3 Å². The molecule has 1 heterocycles. The van der Waals surface area contributed by atoms with Crippen molar-refractivity contribution in [3.8, 4) is 11.8 Å². The maximum absolute atomic E-state index is 11.4. The Bertz CT molecular complexity index is 473. The number of aliphatic carboxylic acids is 1. The molecule has 1 fully saturated rings. The van der Waals surface area contributed by atoms with Crippen molar-refractivity contribution in [3.05, 3.63) is 0 Å². The summed E-state index contributed by atoms with van der Waals surface area (Å²) >= 11 is 0. The van der Waals surface area contributed by atoms with Gasteiger partial charge < -0.3 is 5.11 Å². The Morgan fingerprint density at radius 2 is 2.06 bits per heavy atom. The molecule has 4 nitrogen and oxygen atoms in total. The zero-order valence-electron chi connectivity index (χ0n) is 11.1. The van der Waals surface area contributed by atoms with E-state index in [1.807, 2.05) is 20.8 Å². The number of hydrogen-bond acceptors (Lipinski definition) is 3. The first-order valence-corrected chi connectivity index (χ1v) is 7.86. The summed E-state index contributed by atoms with van der Waals surface area (Å²) in [7, 11) is -3.04. The van der Waals surface area contributed by atoms with Crippen molar-refractivity contribution < 1.29 is 18.3 Å². The fraction of sp³-hybridized carbons (Fsp3) is 0.769. The second kappa shape index (κ2) is 5.31. The standard InChI is InChI=1S/C13H20O4S/c1-13(2,3)7-4-5-11(12(14)15)10-6-8-18(16,17)9-10/h10-11H,5-6,8-9H2,1-3H3,(H,14,15). The predicted molar refractivity (Wildman–Crippen MR) is 69.7 cm³/mol. The highest BCUT2D eigenvalue weighted by atomic mass is 32.2. The van der Waals surface area contributed by atoms with Crippen LogP contribution in [-0.2, 0) is 14.6 Å². The molecule has 1 aliphatic rings. The van der Waals surface area contributed by atoms with Crippen LogP contribution in [0.2, 0.25) is 0 Å². The normalized spacial score (nSPS) is 24.1. The number of carboxylic acids is 1. The van der Waals surface area contributed by atoms with E-state index < -0.39 is 21.7 Å². The van der Waals surface area contributed by atoms with Gasteiger partial charge in [0.2, 0.25) is 0 Å². The van der Waals surface area contributed by atoms with Crippen LogP contribution >= 0.6 is 0 Å². The quantitative estimate of drug-likeness (QED) is 0.791. The average Bonchev–Trinajstić information content (AvgIpc) is 2.51. The Morgan fingerprint density at radius 3 is 2.44 bits per heavy atom. The molecule has 2 atom stereocenters. The molecule has 18 heavy (non-hydrogen) atoms. The zero-order valence-corrected chi connectivity index (χ0v) is 11.9. The van der Waals surface area contributed by atoms with Crippen molar-refractivity contribution in [2.45, 2.75) is 33.6 Å². The second-order valence-electron chi connectivity index (χ2n) is 5.86. The van der Waals surface area contributed by atoms with E-state index >= 15 is 0 Å². The lowest BCUT2D eigenvalue weighted by atomic mass is 9.88. The molecular formula is C13H20O4S. The Hall–Kier alpha value is -1.02. The lowest BCUT2D eigenvalue weighted by molar-refractivity contribution is -0.143. The molecular weight excluding hydrogens is 252 g/mol. The molecule has 0 bridgehead atoms. The Balaban J connectivity index is 2.73. The van der Waals surface area contributed by atoms with E-state index in [0.717, 1.165) is 0 Å². The van der Waals surface area contributed by atoms with Gasteiger partial charge in [-0.05, 0) is 33.1 Å². The highest BCUT2D eigenvalue weighted by Gasteiger charge is 2.36. The second-order valence-corrected chi connectivity index (χ2v) is 8.09. The van der Waals surface area contributed by atoms with Crippen LogP contribution in [0, 0.1) is 29.1 Å². The molecule has 0 aromatic rings. The first-order chi connectivity index (χ1) is 8.11. The third-order valence-corrected chi connectivity index (χ3v) is 4.73. The van der Waals surface area contributed by atoms with Gasteiger partial charge in [-0.25, -0.2) is 8.42 Å². The van der Waals surface area contributed by atoms with E-state index in [-0.39, 0.29) is 29.3 Å². The molecule has 0 radical (unpaired) electrons. The van der Waals surface area contributed by atoms with Crippen LogP contribution in [0.15, 0.2) is 0 Å². The fourth-order valence-corrected chi connectivity index (χ4v) is 3.90. The minimum atomic E-state index is -3.04. The Morgan fingerprint density at radius 1 is 1.44 bits per heavy atom. The number of sulfone groups is 1. The van der Waals surface area contributed by atoms with Crippen molar-refractivity contribution in [3.63, 3.8) is 0 Å². The van der Waals surface area contributed by atoms with Crippen LogP contribution in [0.5, 0.6) is 0 Å². The van der Waals surface area contributed by atoms with E-state index in [0.29, 0.717) is 6.42 Å². The summed E-state index contributed by atoms with van der Waals surface area (Å²) in [6.07, 6.45) is 0.670. The monoisotopic (exact) mass is 272 g/mol. The molecule has 2 unspecified atom stereocenters. The molecule has 1 rings (SSSR count). The molecule has 0 spiro atoms. The van der Waals surface area contributed by atoms with Gasteiger partial charge in [0.05, 0.1) is 17.4 Å². The molecule has 5 heteroatoms. The van der Waals surface area contributed by atoms with Crippen LogP contribution in [0.4, 0.5) is 0 Å². The zero-order chi connectivity index (χ0) is 14.0. The van der Waals surface area contributed by atoms with Crippen molar-refractivity contribution in [2.75, 3.05) is 11.5 Å². The first-order valence-electron chi connectivity index (χ1n) is 6.04. The van der Waals surface area contributed by atoms with Gasteiger partial charge in [-0.2, -0.15) is 0 Å². The highest BCUT2D eigenvalue weighted by Crippen LogP contribution is 2.28. The maximum Gasteiger partial charge on any atom is 0.307 e. The van der Waals surface area contributed by atoms with Crippen molar-refractivity contribution in [1.29, 1.82) is 0 Å². The van der Waals surface area contributed by atoms with Gasteiger partial charge in [-0.1, -0.05) is 5.92 Å². The number of carbonyl (C=O) groups is 1. The van der Waals surface area contributed by atoms with Crippen molar-refractivity contribution >= 4 is 15.8 Å². The number of hydrogen-bond donors (Lipinski definition) is 1. The number of carboxylic acid groups (broad SMARTS) is 1. The summed E-state index contributed by atoms with van der Waals surface area (Å²) in [6, 6.07) is 0. The van der Waals surface area contributed by atoms with Gasteiger partial charge in [0, 0.05) is 11.8 Å². The summed E-state index contributed by atoms with van der Waals surface area (Å²) in [5, 5.41) is 9.17. The molecule has 102 valence electrons. The van der Waals surface area contributed by atoms with E-state index in [1.54, 1.807) is 0 Å². The van der Waals surface area contributed by atoms with E-state index in [9.17, 15) is 18.3 Å². The van der Waals surface area contributed by atoms with Gasteiger partial charge in [0.15, 0.2) is 9.84 Å². The van der Waals surface area contributed by atoms with Gasteiger partial charge in [0.1, 0.15) is 0 Å². The van der Waals surface area contributed by atoms with Gasteiger partial charge in [-0.15, -0.1) is 5.92 Å². The van der Waals surface area contributed by atoms with Gasteiger partial charge >= 0.3 is 5.97 Å². The SMILES string of the molecule is CC(C)(C)C#CCC(C(=O)O)C1CCS(=O)(=O)C1. The van der Waals surface area contributed by atoms with E-state index in [2.05, 4.69) is 11.8 Å². The summed E-state index contributed by atoms with van der Waals surface area (Å²) in [5.41, 5.74) is -0.162. The number of rotatable bonds is 3. The molecule has 0 saturated carbocycles. The molecule has 0 aromatic carbocycles. The largest absolute Gasteiger partial charge is 0.481 e. The van der Waals surface area contributed by atoms with E-state index in [1.165, 1.54) is 0 Å². The third-order valence-electron chi connectivity index (χ3n) is 2.94. The van der Waals surface area contributed by atoms with Gasteiger partial charge in [0.25, 0.3) is 0 Å². The molecule has 0 aliphatic carbocycles. The summed E-state index contributed by atoms with van der Waals surface area (Å²) in [5.74, 6) is 4.06. The van der Waals surface area contributed by atoms with Crippen LogP contribution in [0.25, 0.3) is 0 Å². The minimum absolute atomic E-state index is 0.0127. The maximum atomic E-state index is 11.4. The van der Waals surface area contributed by atoms with Crippen LogP contribution in [0.1, 0.15) is 33.6 Å². The lowest BCUT2D eigenvalue weighted by Gasteiger charge is -2.15. The molecule has 1 N–H and O–H groups in total. The Labute approximate surface area is 109 Å². The highest BCUT2D eigenvalue weighted by molar-refractivity contribution is 7.91. The molecule has 1 saturated heterocycles. The van der Waals surface area contributed by atoms with Gasteiger partial charge in [-0.3, -0.25) is 4.79 Å². The van der Waals surface area contributed by atoms with Crippen LogP contribution in [-0.4, -0.2) is 31.0 Å². The predicted octanol–water partition coefficient (Wildman–Crippen LogP) is 1.56.